The molecular formula is C27H28FN5O2S. The highest BCUT2D eigenvalue weighted by Gasteiger charge is 2.17. The van der Waals surface area contributed by atoms with E-state index in [4.69, 9.17) is 4.74 Å². The first-order valence-corrected chi connectivity index (χ1v) is 12.8. The van der Waals surface area contributed by atoms with Crippen molar-refractivity contribution >= 4 is 11.5 Å². The molecule has 0 amide bonds. The van der Waals surface area contributed by atoms with Gasteiger partial charge in [-0.05, 0) is 81.1 Å². The Labute approximate surface area is 213 Å². The van der Waals surface area contributed by atoms with Crippen molar-refractivity contribution in [3.63, 3.8) is 0 Å². The lowest BCUT2D eigenvalue weighted by Crippen LogP contribution is -2.32. The quantitative estimate of drug-likeness (QED) is 0.364. The average molecular weight is 506 g/mol. The molecule has 4 heterocycles. The summed E-state index contributed by atoms with van der Waals surface area (Å²) in [5.41, 5.74) is 2.50. The van der Waals surface area contributed by atoms with Gasteiger partial charge in [0.2, 0.25) is 0 Å². The molecule has 7 nitrogen and oxygen atoms in total. The van der Waals surface area contributed by atoms with Gasteiger partial charge in [0.15, 0.2) is 17.4 Å². The maximum absolute atomic E-state index is 14.4. The van der Waals surface area contributed by atoms with Gasteiger partial charge in [-0.1, -0.05) is 18.2 Å². The average Bonchev–Trinajstić information content (AvgIpc) is 3.33. The van der Waals surface area contributed by atoms with E-state index in [1.165, 1.54) is 22.2 Å². The van der Waals surface area contributed by atoms with Crippen LogP contribution in [0.15, 0.2) is 59.8 Å². The molecule has 1 saturated heterocycles. The van der Waals surface area contributed by atoms with E-state index in [0.717, 1.165) is 47.6 Å². The molecular weight excluding hydrogens is 477 g/mol. The van der Waals surface area contributed by atoms with Gasteiger partial charge in [0, 0.05) is 17.3 Å². The summed E-state index contributed by atoms with van der Waals surface area (Å²) < 4.78 is 26.0. The van der Waals surface area contributed by atoms with E-state index in [1.807, 2.05) is 37.3 Å². The van der Waals surface area contributed by atoms with Crippen LogP contribution in [0.4, 0.5) is 4.39 Å². The van der Waals surface area contributed by atoms with Crippen molar-refractivity contribution in [3.05, 3.63) is 82.4 Å². The third kappa shape index (κ3) is 5.68. The molecule has 0 N–H and O–H groups in total. The number of pyridine rings is 1. The topological polar surface area (TPSA) is 73.1 Å². The van der Waals surface area contributed by atoms with Gasteiger partial charge >= 0.3 is 0 Å². The first-order valence-electron chi connectivity index (χ1n) is 12.0. The molecule has 0 saturated carbocycles. The zero-order valence-corrected chi connectivity index (χ0v) is 21.2. The molecule has 36 heavy (non-hydrogen) atoms. The van der Waals surface area contributed by atoms with E-state index in [2.05, 4.69) is 26.3 Å². The molecule has 1 aromatic carbocycles. The largest absolute Gasteiger partial charge is 0.490 e. The molecule has 3 aromatic heterocycles. The Hall–Kier alpha value is -3.43. The number of aromatic nitrogens is 4. The summed E-state index contributed by atoms with van der Waals surface area (Å²) in [5.74, 6) is 1.00. The van der Waals surface area contributed by atoms with Crippen LogP contribution in [0.1, 0.15) is 24.1 Å². The van der Waals surface area contributed by atoms with Gasteiger partial charge in [-0.15, -0.1) is 0 Å². The van der Waals surface area contributed by atoms with Gasteiger partial charge in [0.1, 0.15) is 0 Å². The fourth-order valence-electron chi connectivity index (χ4n) is 4.34. The standard InChI is InChI=1S/C27H28FN5O2S/c1-18-10-25(36-31-18)22-12-24(28)27(34)33(16-22)15-20-4-3-5-21(11-20)26-29-13-23(14-30-26)35-17-19-6-8-32(2)9-7-19/h3-5,10-14,16,19H,6-9,15,17H2,1-2H3. The molecule has 0 radical (unpaired) electrons. The zero-order chi connectivity index (χ0) is 25.1. The minimum atomic E-state index is -0.783. The number of benzene rings is 1. The molecule has 5 rings (SSSR count). The molecule has 0 aliphatic carbocycles. The van der Waals surface area contributed by atoms with Gasteiger partial charge in [-0.3, -0.25) is 4.79 Å². The summed E-state index contributed by atoms with van der Waals surface area (Å²) in [6.07, 6.45) is 7.36. The smallest absolute Gasteiger partial charge is 0.286 e. The maximum atomic E-state index is 14.4. The van der Waals surface area contributed by atoms with E-state index in [0.29, 0.717) is 29.7 Å². The summed E-state index contributed by atoms with van der Waals surface area (Å²) in [6.45, 7) is 5.00. The van der Waals surface area contributed by atoms with Crippen molar-refractivity contribution in [3.8, 4) is 27.6 Å². The minimum Gasteiger partial charge on any atom is -0.490 e. The normalized spacial score (nSPS) is 14.8. The number of hydrogen-bond acceptors (Lipinski definition) is 7. The Kier molecular flexibility index (Phi) is 7.20. The Morgan fingerprint density at radius 1 is 1.11 bits per heavy atom. The second-order valence-corrected chi connectivity index (χ2v) is 10.1. The van der Waals surface area contributed by atoms with Crippen molar-refractivity contribution in [1.29, 1.82) is 0 Å². The molecule has 0 spiro atoms. The van der Waals surface area contributed by atoms with Crippen LogP contribution in [0.25, 0.3) is 21.8 Å². The molecule has 4 aromatic rings. The van der Waals surface area contributed by atoms with E-state index in [-0.39, 0.29) is 6.54 Å². The molecule has 1 aliphatic rings. The van der Waals surface area contributed by atoms with Crippen LogP contribution in [0.3, 0.4) is 0 Å². The van der Waals surface area contributed by atoms with Gasteiger partial charge in [0.05, 0.1) is 36.1 Å². The number of likely N-dealkylation sites (tertiary alicyclic amines) is 1. The Morgan fingerprint density at radius 3 is 2.61 bits per heavy atom. The van der Waals surface area contributed by atoms with Crippen molar-refractivity contribution in [2.75, 3.05) is 26.7 Å². The minimum absolute atomic E-state index is 0.229. The first kappa shape index (κ1) is 24.3. The molecule has 0 unspecified atom stereocenters. The number of ether oxygens (including phenoxy) is 1. The lowest BCUT2D eigenvalue weighted by molar-refractivity contribution is 0.159. The van der Waals surface area contributed by atoms with Crippen molar-refractivity contribution in [2.45, 2.75) is 26.3 Å². The highest BCUT2D eigenvalue weighted by molar-refractivity contribution is 7.09. The van der Waals surface area contributed by atoms with Crippen LogP contribution >= 0.6 is 11.5 Å². The van der Waals surface area contributed by atoms with Crippen molar-refractivity contribution < 1.29 is 9.13 Å². The van der Waals surface area contributed by atoms with Crippen LogP contribution in [0, 0.1) is 18.7 Å². The van der Waals surface area contributed by atoms with Crippen molar-refractivity contribution in [2.24, 2.45) is 5.92 Å². The van der Waals surface area contributed by atoms with E-state index in [9.17, 15) is 9.18 Å². The molecule has 0 bridgehead atoms. The summed E-state index contributed by atoms with van der Waals surface area (Å²) in [7, 11) is 2.15. The van der Waals surface area contributed by atoms with E-state index >= 15 is 0 Å². The lowest BCUT2D eigenvalue weighted by atomic mass is 9.98. The zero-order valence-electron chi connectivity index (χ0n) is 20.4. The van der Waals surface area contributed by atoms with E-state index < -0.39 is 11.4 Å². The van der Waals surface area contributed by atoms with Crippen LogP contribution in [-0.2, 0) is 6.54 Å². The van der Waals surface area contributed by atoms with E-state index in [1.54, 1.807) is 18.6 Å². The number of piperidine rings is 1. The number of rotatable bonds is 7. The third-order valence-electron chi connectivity index (χ3n) is 6.44. The monoisotopic (exact) mass is 505 g/mol. The van der Waals surface area contributed by atoms with Gasteiger partial charge < -0.3 is 14.2 Å². The van der Waals surface area contributed by atoms with Crippen LogP contribution < -0.4 is 10.3 Å². The molecule has 0 atom stereocenters. The summed E-state index contributed by atoms with van der Waals surface area (Å²) in [4.78, 5) is 24.6. The Morgan fingerprint density at radius 2 is 1.89 bits per heavy atom. The number of aryl methyl sites for hydroxylation is 1. The fraction of sp³-hybridized carbons (Fsp3) is 0.333. The highest BCUT2D eigenvalue weighted by Crippen LogP contribution is 2.25. The molecule has 1 aliphatic heterocycles. The molecule has 186 valence electrons. The van der Waals surface area contributed by atoms with Crippen LogP contribution in [-0.4, -0.2) is 50.6 Å². The summed E-state index contributed by atoms with van der Waals surface area (Å²) >= 11 is 1.28. The highest BCUT2D eigenvalue weighted by atomic mass is 32.1. The number of nitrogens with zero attached hydrogens (tertiary/aromatic N) is 5. The SMILES string of the molecule is Cc1cc(-c2cc(F)c(=O)n(Cc3cccc(-c4ncc(OCC5CCN(C)CC5)cn4)c3)c2)sn1. The molecule has 9 heteroatoms. The first-order chi connectivity index (χ1) is 17.4. The number of halogens is 1. The summed E-state index contributed by atoms with van der Waals surface area (Å²) in [6, 6.07) is 10.8. The third-order valence-corrected chi connectivity index (χ3v) is 7.37. The summed E-state index contributed by atoms with van der Waals surface area (Å²) in [5, 5.41) is 0. The predicted molar refractivity (Wildman–Crippen MR) is 139 cm³/mol. The van der Waals surface area contributed by atoms with Crippen molar-refractivity contribution in [1.82, 2.24) is 23.8 Å². The maximum Gasteiger partial charge on any atom is 0.286 e. The second kappa shape index (κ2) is 10.7. The Balaban J connectivity index is 1.29. The Bertz CT molecular complexity index is 1390. The predicted octanol–water partition coefficient (Wildman–Crippen LogP) is 4.65. The second-order valence-electron chi connectivity index (χ2n) is 9.34. The van der Waals surface area contributed by atoms with Gasteiger partial charge in [0.25, 0.3) is 5.56 Å². The molecule has 1 fully saturated rings. The lowest BCUT2D eigenvalue weighted by Gasteiger charge is -2.28. The number of hydrogen-bond donors (Lipinski definition) is 0. The van der Waals surface area contributed by atoms with Gasteiger partial charge in [-0.25, -0.2) is 14.4 Å². The van der Waals surface area contributed by atoms with Crippen LogP contribution in [0.2, 0.25) is 0 Å². The fourth-order valence-corrected chi connectivity index (χ4v) is 5.07. The van der Waals surface area contributed by atoms with Gasteiger partial charge in [-0.2, -0.15) is 4.37 Å². The van der Waals surface area contributed by atoms with Crippen LogP contribution in [0.5, 0.6) is 5.75 Å².